The summed E-state index contributed by atoms with van der Waals surface area (Å²) >= 11 is 0. The highest BCUT2D eigenvalue weighted by molar-refractivity contribution is 5.20. The van der Waals surface area contributed by atoms with Crippen molar-refractivity contribution in [2.45, 2.75) is 38.1 Å². The van der Waals surface area contributed by atoms with E-state index in [0.717, 1.165) is 12.0 Å². The van der Waals surface area contributed by atoms with E-state index in [9.17, 15) is 8.78 Å². The van der Waals surface area contributed by atoms with Gasteiger partial charge in [-0.3, -0.25) is 11.3 Å². The van der Waals surface area contributed by atoms with Crippen molar-refractivity contribution in [1.29, 1.82) is 0 Å². The predicted molar refractivity (Wildman–Crippen MR) is 70.1 cm³/mol. The van der Waals surface area contributed by atoms with Gasteiger partial charge in [-0.05, 0) is 55.1 Å². The van der Waals surface area contributed by atoms with E-state index in [-0.39, 0.29) is 6.04 Å². The molecule has 0 aliphatic heterocycles. The Hall–Kier alpha value is -1.00. The van der Waals surface area contributed by atoms with Crippen LogP contribution in [0.3, 0.4) is 0 Å². The summed E-state index contributed by atoms with van der Waals surface area (Å²) in [6, 6.07) is 4.41. The Bertz CT molecular complexity index is 463. The van der Waals surface area contributed by atoms with Crippen LogP contribution in [0.2, 0.25) is 0 Å². The van der Waals surface area contributed by atoms with E-state index in [0.29, 0.717) is 23.8 Å². The van der Waals surface area contributed by atoms with Gasteiger partial charge in [0.15, 0.2) is 11.6 Å². The van der Waals surface area contributed by atoms with Crippen LogP contribution in [0.5, 0.6) is 0 Å². The quantitative estimate of drug-likeness (QED) is 0.649. The van der Waals surface area contributed by atoms with Crippen LogP contribution in [0.4, 0.5) is 8.78 Å². The molecule has 2 nitrogen and oxygen atoms in total. The van der Waals surface area contributed by atoms with Crippen LogP contribution in [0.1, 0.15) is 31.2 Å². The molecule has 0 amide bonds. The van der Waals surface area contributed by atoms with Crippen molar-refractivity contribution < 1.29 is 8.78 Å². The first kappa shape index (κ1) is 13.0. The summed E-state index contributed by atoms with van der Waals surface area (Å²) in [6.07, 6.45) is 5.52. The van der Waals surface area contributed by atoms with E-state index >= 15 is 0 Å². The van der Waals surface area contributed by atoms with Crippen LogP contribution < -0.4 is 11.3 Å². The first-order valence-corrected chi connectivity index (χ1v) is 7.08. The van der Waals surface area contributed by atoms with Crippen molar-refractivity contribution >= 4 is 0 Å². The number of hydrogen-bond acceptors (Lipinski definition) is 2. The lowest BCUT2D eigenvalue weighted by molar-refractivity contribution is 0.246. The Kier molecular flexibility index (Phi) is 3.54. The molecule has 2 aliphatic carbocycles. The van der Waals surface area contributed by atoms with Gasteiger partial charge in [0, 0.05) is 6.04 Å². The van der Waals surface area contributed by atoms with Crippen LogP contribution >= 0.6 is 0 Å². The highest BCUT2D eigenvalue weighted by Crippen LogP contribution is 2.49. The number of nitrogens with two attached hydrogens (primary N) is 1. The standard InChI is InChI=1S/C15H20F2N2/c16-13-3-1-2-11(15(13)17)8-14(19-18)12-7-9-4-5-10(12)6-9/h1-3,9-10,12,14,19H,4-8,18H2. The third-order valence-corrected chi connectivity index (χ3v) is 5.00. The zero-order valence-corrected chi connectivity index (χ0v) is 10.9. The number of halogens is 2. The van der Waals surface area contributed by atoms with Crippen LogP contribution in [0.25, 0.3) is 0 Å². The number of hydrazine groups is 1. The van der Waals surface area contributed by atoms with Crippen molar-refractivity contribution in [3.05, 3.63) is 35.4 Å². The lowest BCUT2D eigenvalue weighted by atomic mass is 9.81. The molecule has 3 N–H and O–H groups in total. The van der Waals surface area contributed by atoms with Crippen molar-refractivity contribution in [2.75, 3.05) is 0 Å². The van der Waals surface area contributed by atoms with Crippen molar-refractivity contribution in [1.82, 2.24) is 5.43 Å². The molecule has 2 fully saturated rings. The summed E-state index contributed by atoms with van der Waals surface area (Å²) in [5, 5.41) is 0. The van der Waals surface area contributed by atoms with Gasteiger partial charge in [0.05, 0.1) is 0 Å². The topological polar surface area (TPSA) is 38.0 Å². The molecule has 0 aromatic heterocycles. The number of rotatable bonds is 4. The average Bonchev–Trinajstić information content (AvgIpc) is 3.03. The molecule has 4 heteroatoms. The van der Waals surface area contributed by atoms with Gasteiger partial charge >= 0.3 is 0 Å². The number of benzene rings is 1. The first-order valence-electron chi connectivity index (χ1n) is 7.08. The highest BCUT2D eigenvalue weighted by atomic mass is 19.2. The lowest BCUT2D eigenvalue weighted by Crippen LogP contribution is -2.44. The first-order chi connectivity index (χ1) is 9.19. The Morgan fingerprint density at radius 2 is 2.11 bits per heavy atom. The summed E-state index contributed by atoms with van der Waals surface area (Å²) in [5.41, 5.74) is 3.26. The van der Waals surface area contributed by atoms with Crippen molar-refractivity contribution in [3.8, 4) is 0 Å². The fourth-order valence-corrected chi connectivity index (χ4v) is 4.06. The minimum atomic E-state index is -0.777. The number of nitrogens with one attached hydrogen (secondary N) is 1. The maximum atomic E-state index is 13.7. The van der Waals surface area contributed by atoms with Gasteiger partial charge in [-0.25, -0.2) is 8.78 Å². The molecule has 3 rings (SSSR count). The third kappa shape index (κ3) is 2.39. The maximum absolute atomic E-state index is 13.7. The second-order valence-electron chi connectivity index (χ2n) is 6.03. The van der Waals surface area contributed by atoms with E-state index in [2.05, 4.69) is 5.43 Å². The normalized spacial score (nSPS) is 30.8. The van der Waals surface area contributed by atoms with Crippen LogP contribution in [0, 0.1) is 29.4 Å². The molecular formula is C15H20F2N2. The molecule has 2 aliphatic rings. The molecule has 0 radical (unpaired) electrons. The van der Waals surface area contributed by atoms with Gasteiger partial charge < -0.3 is 0 Å². The summed E-state index contributed by atoms with van der Waals surface area (Å²) < 4.78 is 27.0. The Balaban J connectivity index is 1.75. The van der Waals surface area contributed by atoms with E-state index < -0.39 is 11.6 Å². The molecule has 1 aromatic carbocycles. The number of hydrogen-bond donors (Lipinski definition) is 2. The monoisotopic (exact) mass is 266 g/mol. The molecule has 1 aromatic rings. The molecule has 2 saturated carbocycles. The zero-order chi connectivity index (χ0) is 13.4. The fourth-order valence-electron chi connectivity index (χ4n) is 4.06. The van der Waals surface area contributed by atoms with Crippen molar-refractivity contribution in [3.63, 3.8) is 0 Å². The second kappa shape index (κ2) is 5.17. The molecule has 2 bridgehead atoms. The Labute approximate surface area is 112 Å². The Morgan fingerprint density at radius 1 is 1.26 bits per heavy atom. The van der Waals surface area contributed by atoms with Gasteiger partial charge in [-0.2, -0.15) is 0 Å². The van der Waals surface area contributed by atoms with Crippen LogP contribution in [-0.2, 0) is 6.42 Å². The van der Waals surface area contributed by atoms with E-state index in [4.69, 9.17) is 5.84 Å². The molecule has 4 unspecified atom stereocenters. The summed E-state index contributed by atoms with van der Waals surface area (Å²) in [7, 11) is 0. The minimum absolute atomic E-state index is 0.0478. The SMILES string of the molecule is NNC(Cc1cccc(F)c1F)C1CC2CCC1C2. The fraction of sp³-hybridized carbons (Fsp3) is 0.600. The largest absolute Gasteiger partial charge is 0.271 e. The molecule has 104 valence electrons. The summed E-state index contributed by atoms with van der Waals surface area (Å²) in [6.45, 7) is 0. The lowest BCUT2D eigenvalue weighted by Gasteiger charge is -2.30. The molecule has 19 heavy (non-hydrogen) atoms. The van der Waals surface area contributed by atoms with Gasteiger partial charge in [0.1, 0.15) is 0 Å². The van der Waals surface area contributed by atoms with Crippen LogP contribution in [0.15, 0.2) is 18.2 Å². The maximum Gasteiger partial charge on any atom is 0.162 e. The summed E-state index contributed by atoms with van der Waals surface area (Å²) in [5.74, 6) is 6.19. The molecule has 0 spiro atoms. The molecule has 0 saturated heterocycles. The van der Waals surface area contributed by atoms with Gasteiger partial charge in [-0.1, -0.05) is 18.6 Å². The number of fused-ring (bicyclic) bond motifs is 2. The van der Waals surface area contributed by atoms with E-state index in [1.807, 2.05) is 0 Å². The van der Waals surface area contributed by atoms with E-state index in [1.165, 1.54) is 25.7 Å². The summed E-state index contributed by atoms with van der Waals surface area (Å²) in [4.78, 5) is 0. The molecule has 0 heterocycles. The molecule has 4 atom stereocenters. The highest BCUT2D eigenvalue weighted by Gasteiger charge is 2.42. The van der Waals surface area contributed by atoms with E-state index in [1.54, 1.807) is 12.1 Å². The van der Waals surface area contributed by atoms with Gasteiger partial charge in [-0.15, -0.1) is 0 Å². The second-order valence-corrected chi connectivity index (χ2v) is 6.03. The average molecular weight is 266 g/mol. The van der Waals surface area contributed by atoms with Crippen LogP contribution in [-0.4, -0.2) is 6.04 Å². The van der Waals surface area contributed by atoms with Gasteiger partial charge in [0.25, 0.3) is 0 Å². The Morgan fingerprint density at radius 3 is 2.74 bits per heavy atom. The smallest absolute Gasteiger partial charge is 0.162 e. The zero-order valence-electron chi connectivity index (χ0n) is 10.9. The molecular weight excluding hydrogens is 246 g/mol. The van der Waals surface area contributed by atoms with Crippen molar-refractivity contribution in [2.24, 2.45) is 23.6 Å². The third-order valence-electron chi connectivity index (χ3n) is 5.00. The minimum Gasteiger partial charge on any atom is -0.271 e. The predicted octanol–water partition coefficient (Wildman–Crippen LogP) is 2.78. The van der Waals surface area contributed by atoms with Gasteiger partial charge in [0.2, 0.25) is 0 Å².